The molecule has 1 aliphatic rings. The van der Waals surface area contributed by atoms with Gasteiger partial charge < -0.3 is 15.8 Å². The molecule has 3 atom stereocenters. The van der Waals surface area contributed by atoms with Crippen molar-refractivity contribution in [2.24, 2.45) is 17.6 Å². The maximum absolute atomic E-state index is 11.6. The summed E-state index contributed by atoms with van der Waals surface area (Å²) in [5, 5.41) is 2.90. The van der Waals surface area contributed by atoms with Crippen LogP contribution in [0, 0.1) is 11.8 Å². The highest BCUT2D eigenvalue weighted by Crippen LogP contribution is 2.11. The van der Waals surface area contributed by atoms with Gasteiger partial charge in [0.2, 0.25) is 5.91 Å². The van der Waals surface area contributed by atoms with Crippen molar-refractivity contribution in [1.82, 2.24) is 5.32 Å². The number of rotatable bonds is 5. The third-order valence-electron chi connectivity index (χ3n) is 3.15. The number of nitrogens with one attached hydrogen (secondary N) is 1. The topological polar surface area (TPSA) is 64.4 Å². The molecule has 0 aromatic carbocycles. The Kier molecular flexibility index (Phi) is 5.05. The highest BCUT2D eigenvalue weighted by atomic mass is 16.5. The fourth-order valence-electron chi connectivity index (χ4n) is 1.62. The lowest BCUT2D eigenvalue weighted by molar-refractivity contribution is -0.123. The largest absolute Gasteiger partial charge is 0.381 e. The molecule has 1 aliphatic heterocycles. The van der Waals surface area contributed by atoms with E-state index in [-0.39, 0.29) is 17.9 Å². The zero-order chi connectivity index (χ0) is 11.3. The Hall–Kier alpha value is -0.610. The lowest BCUT2D eigenvalue weighted by atomic mass is 9.99. The minimum atomic E-state index is -0.377. The predicted molar refractivity (Wildman–Crippen MR) is 59.4 cm³/mol. The zero-order valence-corrected chi connectivity index (χ0v) is 9.66. The molecule has 0 radical (unpaired) electrons. The summed E-state index contributed by atoms with van der Waals surface area (Å²) in [5.41, 5.74) is 5.81. The van der Waals surface area contributed by atoms with E-state index in [9.17, 15) is 4.79 Å². The molecular weight excluding hydrogens is 192 g/mol. The minimum absolute atomic E-state index is 0.0312. The molecule has 4 nitrogen and oxygen atoms in total. The molecule has 0 spiro atoms. The smallest absolute Gasteiger partial charge is 0.237 e. The van der Waals surface area contributed by atoms with Crippen molar-refractivity contribution in [2.75, 3.05) is 19.8 Å². The molecule has 4 heteroatoms. The van der Waals surface area contributed by atoms with Crippen molar-refractivity contribution < 1.29 is 9.53 Å². The van der Waals surface area contributed by atoms with Gasteiger partial charge in [-0.3, -0.25) is 4.79 Å². The van der Waals surface area contributed by atoms with E-state index >= 15 is 0 Å². The van der Waals surface area contributed by atoms with Gasteiger partial charge in [0, 0.05) is 19.1 Å². The van der Waals surface area contributed by atoms with Crippen LogP contribution in [0.25, 0.3) is 0 Å². The predicted octanol–water partition coefficient (Wildman–Crippen LogP) is 0.513. The fraction of sp³-hybridized carbons (Fsp3) is 0.909. The van der Waals surface area contributed by atoms with Crippen molar-refractivity contribution in [3.05, 3.63) is 0 Å². The van der Waals surface area contributed by atoms with Gasteiger partial charge in [-0.1, -0.05) is 20.3 Å². The second-order valence-electron chi connectivity index (χ2n) is 4.39. The van der Waals surface area contributed by atoms with Gasteiger partial charge in [0.05, 0.1) is 12.6 Å². The summed E-state index contributed by atoms with van der Waals surface area (Å²) in [7, 11) is 0. The van der Waals surface area contributed by atoms with Crippen molar-refractivity contribution >= 4 is 5.91 Å². The third-order valence-corrected chi connectivity index (χ3v) is 3.15. The van der Waals surface area contributed by atoms with Crippen LogP contribution < -0.4 is 11.1 Å². The van der Waals surface area contributed by atoms with Gasteiger partial charge >= 0.3 is 0 Å². The highest BCUT2D eigenvalue weighted by molar-refractivity contribution is 5.81. The molecule has 1 rings (SSSR count). The van der Waals surface area contributed by atoms with Crippen molar-refractivity contribution in [2.45, 2.75) is 32.7 Å². The first-order chi connectivity index (χ1) is 7.15. The van der Waals surface area contributed by atoms with Crippen LogP contribution in [-0.4, -0.2) is 31.7 Å². The van der Waals surface area contributed by atoms with Gasteiger partial charge in [0.1, 0.15) is 0 Å². The fourth-order valence-corrected chi connectivity index (χ4v) is 1.62. The van der Waals surface area contributed by atoms with E-state index in [1.807, 2.05) is 13.8 Å². The third kappa shape index (κ3) is 3.80. The number of amides is 1. The Balaban J connectivity index is 2.22. The first-order valence-corrected chi connectivity index (χ1v) is 5.76. The van der Waals surface area contributed by atoms with Gasteiger partial charge in [-0.2, -0.15) is 0 Å². The highest BCUT2D eigenvalue weighted by Gasteiger charge is 2.21. The second kappa shape index (κ2) is 6.08. The summed E-state index contributed by atoms with van der Waals surface area (Å²) < 4.78 is 5.24. The molecule has 0 aromatic rings. The van der Waals surface area contributed by atoms with E-state index < -0.39 is 0 Å². The quantitative estimate of drug-likeness (QED) is 0.701. The average molecular weight is 214 g/mol. The molecule has 1 saturated heterocycles. The van der Waals surface area contributed by atoms with Gasteiger partial charge in [-0.05, 0) is 12.3 Å². The van der Waals surface area contributed by atoms with Gasteiger partial charge in [0.15, 0.2) is 0 Å². The maximum atomic E-state index is 11.6. The Morgan fingerprint density at radius 1 is 1.67 bits per heavy atom. The van der Waals surface area contributed by atoms with Gasteiger partial charge in [-0.15, -0.1) is 0 Å². The molecule has 1 heterocycles. The lowest BCUT2D eigenvalue weighted by Gasteiger charge is -2.18. The zero-order valence-electron chi connectivity index (χ0n) is 9.66. The number of hydrogen-bond donors (Lipinski definition) is 2. The Morgan fingerprint density at radius 3 is 2.93 bits per heavy atom. The van der Waals surface area contributed by atoms with Crippen molar-refractivity contribution in [1.29, 1.82) is 0 Å². The van der Waals surface area contributed by atoms with Crippen LogP contribution >= 0.6 is 0 Å². The second-order valence-corrected chi connectivity index (χ2v) is 4.39. The summed E-state index contributed by atoms with van der Waals surface area (Å²) in [4.78, 5) is 11.6. The minimum Gasteiger partial charge on any atom is -0.381 e. The van der Waals surface area contributed by atoms with E-state index in [0.717, 1.165) is 26.1 Å². The van der Waals surface area contributed by atoms with Crippen LogP contribution in [0.4, 0.5) is 0 Å². The monoisotopic (exact) mass is 214 g/mol. The number of ether oxygens (including phenoxy) is 1. The Bertz CT molecular complexity index is 203. The SMILES string of the molecule is CC[C@H](C)[C@H](N)C(=O)NCC1CCOC1. The lowest BCUT2D eigenvalue weighted by Crippen LogP contribution is -2.46. The summed E-state index contributed by atoms with van der Waals surface area (Å²) in [5.74, 6) is 0.680. The first-order valence-electron chi connectivity index (χ1n) is 5.76. The normalized spacial score (nSPS) is 24.9. The van der Waals surface area contributed by atoms with Crippen LogP contribution in [0.3, 0.4) is 0 Å². The molecule has 1 unspecified atom stereocenters. The number of carbonyl (C=O) groups is 1. The Labute approximate surface area is 91.5 Å². The van der Waals surface area contributed by atoms with Crippen LogP contribution in [0.5, 0.6) is 0 Å². The summed E-state index contributed by atoms with van der Waals surface area (Å²) in [6.45, 7) is 6.32. The van der Waals surface area contributed by atoms with Crippen LogP contribution in [0.1, 0.15) is 26.7 Å². The molecule has 0 bridgehead atoms. The summed E-state index contributed by atoms with van der Waals surface area (Å²) in [6.07, 6.45) is 1.97. The standard InChI is InChI=1S/C11H22N2O2/c1-3-8(2)10(12)11(14)13-6-9-4-5-15-7-9/h8-10H,3-7,12H2,1-2H3,(H,13,14)/t8-,9?,10-/m0/s1. The maximum Gasteiger partial charge on any atom is 0.237 e. The van der Waals surface area contributed by atoms with Crippen LogP contribution in [0.15, 0.2) is 0 Å². The molecular formula is C11H22N2O2. The molecule has 88 valence electrons. The molecule has 15 heavy (non-hydrogen) atoms. The van der Waals surface area contributed by atoms with Gasteiger partial charge in [0.25, 0.3) is 0 Å². The van der Waals surface area contributed by atoms with E-state index in [1.165, 1.54) is 0 Å². The van der Waals surface area contributed by atoms with Crippen LogP contribution in [-0.2, 0) is 9.53 Å². The number of nitrogens with two attached hydrogens (primary N) is 1. The van der Waals surface area contributed by atoms with E-state index in [1.54, 1.807) is 0 Å². The van der Waals surface area contributed by atoms with E-state index in [4.69, 9.17) is 10.5 Å². The van der Waals surface area contributed by atoms with Crippen LogP contribution in [0.2, 0.25) is 0 Å². The number of carbonyl (C=O) groups excluding carboxylic acids is 1. The first kappa shape index (κ1) is 12.5. The van der Waals surface area contributed by atoms with Crippen molar-refractivity contribution in [3.63, 3.8) is 0 Å². The summed E-state index contributed by atoms with van der Waals surface area (Å²) >= 11 is 0. The molecule has 1 fully saturated rings. The van der Waals surface area contributed by atoms with Crippen molar-refractivity contribution in [3.8, 4) is 0 Å². The molecule has 1 amide bonds. The summed E-state index contributed by atoms with van der Waals surface area (Å²) in [6, 6.07) is -0.377. The van der Waals surface area contributed by atoms with E-state index in [2.05, 4.69) is 5.32 Å². The average Bonchev–Trinajstić information content (AvgIpc) is 2.76. The van der Waals surface area contributed by atoms with E-state index in [0.29, 0.717) is 12.5 Å². The number of hydrogen-bond acceptors (Lipinski definition) is 3. The Morgan fingerprint density at radius 2 is 2.40 bits per heavy atom. The molecule has 0 aromatic heterocycles. The molecule has 0 saturated carbocycles. The molecule has 0 aliphatic carbocycles. The van der Waals surface area contributed by atoms with Gasteiger partial charge in [-0.25, -0.2) is 0 Å². The molecule has 3 N–H and O–H groups in total.